The average molecular weight is 291 g/mol. The summed E-state index contributed by atoms with van der Waals surface area (Å²) in [5.74, 6) is -0.0946. The lowest BCUT2D eigenvalue weighted by atomic mass is 10.2. The highest BCUT2D eigenvalue weighted by molar-refractivity contribution is 7.88. The minimum Gasteiger partial charge on any atom is -0.399 e. The number of hydrogen-bond acceptors (Lipinski definition) is 4. The van der Waals surface area contributed by atoms with E-state index in [0.717, 1.165) is 5.56 Å². The predicted octanol–water partition coefficient (Wildman–Crippen LogP) is 1.84. The van der Waals surface area contributed by atoms with Gasteiger partial charge >= 0.3 is 0 Å². The van der Waals surface area contributed by atoms with E-state index in [-0.39, 0.29) is 11.8 Å². The average Bonchev–Trinajstić information content (AvgIpc) is 2.38. The van der Waals surface area contributed by atoms with E-state index >= 15 is 0 Å². The van der Waals surface area contributed by atoms with E-state index in [1.807, 2.05) is 6.07 Å². The minimum absolute atomic E-state index is 0.0946. The van der Waals surface area contributed by atoms with Crippen molar-refractivity contribution in [2.24, 2.45) is 0 Å². The minimum atomic E-state index is -3.43. The van der Waals surface area contributed by atoms with Crippen LogP contribution in [0.5, 0.6) is 0 Å². The summed E-state index contributed by atoms with van der Waals surface area (Å²) in [5.41, 5.74) is 7.69. The van der Waals surface area contributed by atoms with Crippen molar-refractivity contribution in [2.45, 2.75) is 18.7 Å². The van der Waals surface area contributed by atoms with Gasteiger partial charge in [-0.1, -0.05) is 18.2 Å². The number of pyridine rings is 1. The highest BCUT2D eigenvalue weighted by atomic mass is 32.2. The molecule has 0 saturated heterocycles. The summed E-state index contributed by atoms with van der Waals surface area (Å²) in [4.78, 5) is 3.98. The fraction of sp³-hybridized carbons (Fsp3) is 0.214. The molecule has 2 aromatic rings. The third-order valence-corrected chi connectivity index (χ3v) is 4.27. The quantitative estimate of drug-likeness (QED) is 0.823. The van der Waals surface area contributed by atoms with Crippen LogP contribution >= 0.6 is 0 Å². The zero-order valence-electron chi connectivity index (χ0n) is 11.2. The summed E-state index contributed by atoms with van der Waals surface area (Å²) in [6.45, 7) is 1.79. The van der Waals surface area contributed by atoms with Crippen LogP contribution in [0.2, 0.25) is 0 Å². The number of nitrogen functional groups attached to an aromatic ring is 1. The molecule has 106 valence electrons. The van der Waals surface area contributed by atoms with Gasteiger partial charge in [0.15, 0.2) is 0 Å². The molecule has 0 aliphatic rings. The second-order valence-electron chi connectivity index (χ2n) is 4.63. The third kappa shape index (κ3) is 4.04. The molecule has 20 heavy (non-hydrogen) atoms. The fourth-order valence-electron chi connectivity index (χ4n) is 1.91. The molecule has 0 amide bonds. The van der Waals surface area contributed by atoms with Crippen molar-refractivity contribution < 1.29 is 8.42 Å². The molecule has 0 spiro atoms. The van der Waals surface area contributed by atoms with E-state index in [0.29, 0.717) is 11.3 Å². The van der Waals surface area contributed by atoms with Crippen LogP contribution in [0.15, 0.2) is 48.8 Å². The Hall–Kier alpha value is -1.92. The van der Waals surface area contributed by atoms with Crippen molar-refractivity contribution in [3.63, 3.8) is 0 Å². The van der Waals surface area contributed by atoms with Crippen LogP contribution < -0.4 is 10.5 Å². The first-order valence-corrected chi connectivity index (χ1v) is 7.86. The standard InChI is InChI=1S/C14H17N3O2S/c1-11(13-5-3-7-16-9-13)17-20(18,19)10-12-4-2-6-14(15)8-12/h2-9,11,17H,10,15H2,1H3. The maximum absolute atomic E-state index is 12.1. The number of sulfonamides is 1. The van der Waals surface area contributed by atoms with Crippen molar-refractivity contribution in [3.05, 3.63) is 59.9 Å². The second kappa shape index (κ2) is 6.02. The molecule has 0 bridgehead atoms. The van der Waals surface area contributed by atoms with Crippen LogP contribution in [-0.4, -0.2) is 13.4 Å². The van der Waals surface area contributed by atoms with Crippen LogP contribution in [0.25, 0.3) is 0 Å². The smallest absolute Gasteiger partial charge is 0.216 e. The Bertz CT molecular complexity index is 672. The van der Waals surface area contributed by atoms with Gasteiger partial charge in [-0.15, -0.1) is 0 Å². The number of nitrogens with zero attached hydrogens (tertiary/aromatic N) is 1. The number of nitrogens with two attached hydrogens (primary N) is 1. The number of benzene rings is 1. The van der Waals surface area contributed by atoms with E-state index in [9.17, 15) is 8.42 Å². The lowest BCUT2D eigenvalue weighted by Gasteiger charge is -2.14. The van der Waals surface area contributed by atoms with E-state index in [1.54, 1.807) is 49.6 Å². The normalized spacial score (nSPS) is 13.1. The Labute approximate surface area is 118 Å². The third-order valence-electron chi connectivity index (χ3n) is 2.85. The lowest BCUT2D eigenvalue weighted by Crippen LogP contribution is -2.28. The summed E-state index contributed by atoms with van der Waals surface area (Å²) < 4.78 is 26.9. The lowest BCUT2D eigenvalue weighted by molar-refractivity contribution is 0.566. The van der Waals surface area contributed by atoms with Gasteiger partial charge in [-0.2, -0.15) is 0 Å². The summed E-state index contributed by atoms with van der Waals surface area (Å²) in [6, 6.07) is 10.2. The van der Waals surface area contributed by atoms with Crippen LogP contribution in [0.3, 0.4) is 0 Å². The first-order valence-electron chi connectivity index (χ1n) is 6.20. The zero-order chi connectivity index (χ0) is 14.6. The molecule has 1 atom stereocenters. The molecule has 5 nitrogen and oxygen atoms in total. The van der Waals surface area contributed by atoms with Crippen molar-refractivity contribution in [3.8, 4) is 0 Å². The van der Waals surface area contributed by atoms with Crippen molar-refractivity contribution in [2.75, 3.05) is 5.73 Å². The van der Waals surface area contributed by atoms with Crippen LogP contribution in [-0.2, 0) is 15.8 Å². The number of hydrogen-bond donors (Lipinski definition) is 2. The molecular formula is C14H17N3O2S. The molecular weight excluding hydrogens is 274 g/mol. The Morgan fingerprint density at radius 2 is 2.10 bits per heavy atom. The summed E-state index contributed by atoms with van der Waals surface area (Å²) >= 11 is 0. The van der Waals surface area contributed by atoms with E-state index < -0.39 is 10.0 Å². The van der Waals surface area contributed by atoms with Gasteiger partial charge in [-0.05, 0) is 36.2 Å². The predicted molar refractivity (Wildman–Crippen MR) is 79.3 cm³/mol. The fourth-order valence-corrected chi connectivity index (χ4v) is 3.29. The monoisotopic (exact) mass is 291 g/mol. The molecule has 0 aliphatic carbocycles. The van der Waals surface area contributed by atoms with Crippen molar-refractivity contribution in [1.29, 1.82) is 0 Å². The molecule has 0 saturated carbocycles. The maximum Gasteiger partial charge on any atom is 0.216 e. The Morgan fingerprint density at radius 3 is 2.75 bits per heavy atom. The van der Waals surface area contributed by atoms with E-state index in [1.165, 1.54) is 0 Å². The number of aromatic nitrogens is 1. The maximum atomic E-state index is 12.1. The Kier molecular flexibility index (Phi) is 4.36. The molecule has 1 aromatic carbocycles. The highest BCUT2D eigenvalue weighted by Gasteiger charge is 2.16. The van der Waals surface area contributed by atoms with Gasteiger partial charge in [-0.3, -0.25) is 4.98 Å². The van der Waals surface area contributed by atoms with E-state index in [2.05, 4.69) is 9.71 Å². The van der Waals surface area contributed by atoms with Crippen molar-refractivity contribution >= 4 is 15.7 Å². The SMILES string of the molecule is CC(NS(=O)(=O)Cc1cccc(N)c1)c1cccnc1. The Morgan fingerprint density at radius 1 is 1.30 bits per heavy atom. The topological polar surface area (TPSA) is 85.1 Å². The van der Waals surface area contributed by atoms with Crippen LogP contribution in [0.4, 0.5) is 5.69 Å². The number of rotatable bonds is 5. The molecule has 3 N–H and O–H groups in total. The molecule has 6 heteroatoms. The van der Waals surface area contributed by atoms with Gasteiger partial charge in [0.05, 0.1) is 5.75 Å². The first kappa shape index (κ1) is 14.5. The molecule has 0 aliphatic heterocycles. The number of nitrogens with one attached hydrogen (secondary N) is 1. The molecule has 1 unspecified atom stereocenters. The molecule has 1 aromatic heterocycles. The van der Waals surface area contributed by atoms with Gasteiger partial charge in [0.2, 0.25) is 10.0 Å². The first-order chi connectivity index (χ1) is 9.46. The summed E-state index contributed by atoms with van der Waals surface area (Å²) in [5, 5.41) is 0. The van der Waals surface area contributed by atoms with Gasteiger partial charge in [0.25, 0.3) is 0 Å². The zero-order valence-corrected chi connectivity index (χ0v) is 12.0. The van der Waals surface area contributed by atoms with Crippen molar-refractivity contribution in [1.82, 2.24) is 9.71 Å². The van der Waals surface area contributed by atoms with Gasteiger partial charge < -0.3 is 5.73 Å². The van der Waals surface area contributed by atoms with Gasteiger partial charge in [0, 0.05) is 24.1 Å². The molecule has 0 radical (unpaired) electrons. The number of anilines is 1. The van der Waals surface area contributed by atoms with Crippen LogP contribution in [0, 0.1) is 0 Å². The molecule has 2 rings (SSSR count). The Balaban J connectivity index is 2.08. The molecule has 1 heterocycles. The largest absolute Gasteiger partial charge is 0.399 e. The van der Waals surface area contributed by atoms with Gasteiger partial charge in [0.1, 0.15) is 0 Å². The van der Waals surface area contributed by atoms with Crippen LogP contribution in [0.1, 0.15) is 24.1 Å². The second-order valence-corrected chi connectivity index (χ2v) is 6.38. The summed E-state index contributed by atoms with van der Waals surface area (Å²) in [7, 11) is -3.43. The highest BCUT2D eigenvalue weighted by Crippen LogP contribution is 2.14. The summed E-state index contributed by atoms with van der Waals surface area (Å²) in [6.07, 6.45) is 3.30. The van der Waals surface area contributed by atoms with Gasteiger partial charge in [-0.25, -0.2) is 13.1 Å². The van der Waals surface area contributed by atoms with E-state index in [4.69, 9.17) is 5.73 Å². The molecule has 0 fully saturated rings.